The number of aromatic nitrogens is 3. The minimum Gasteiger partial charge on any atom is -0.396 e. The van der Waals surface area contributed by atoms with Crippen LogP contribution >= 0.6 is 0 Å². The van der Waals surface area contributed by atoms with Gasteiger partial charge in [-0.2, -0.15) is 5.10 Å². The zero-order valence-corrected chi connectivity index (χ0v) is 12.4. The number of hydrogen-bond acceptors (Lipinski definition) is 4. The molecule has 0 unspecified atom stereocenters. The van der Waals surface area contributed by atoms with E-state index >= 15 is 0 Å². The molecule has 21 heavy (non-hydrogen) atoms. The lowest BCUT2D eigenvalue weighted by molar-refractivity contribution is 0.0939. The van der Waals surface area contributed by atoms with Gasteiger partial charge in [-0.1, -0.05) is 0 Å². The van der Waals surface area contributed by atoms with Gasteiger partial charge in [0.2, 0.25) is 0 Å². The van der Waals surface area contributed by atoms with Gasteiger partial charge in [0, 0.05) is 25.4 Å². The molecule has 0 radical (unpaired) electrons. The van der Waals surface area contributed by atoms with Gasteiger partial charge < -0.3 is 10.4 Å². The number of aryl methyl sites for hydroxylation is 2. The van der Waals surface area contributed by atoms with Crippen molar-refractivity contribution in [3.8, 4) is 0 Å². The van der Waals surface area contributed by atoms with Crippen molar-refractivity contribution in [3.05, 3.63) is 29.2 Å². The molecule has 2 aromatic rings. The smallest absolute Gasteiger partial charge is 0.254 e. The van der Waals surface area contributed by atoms with E-state index in [4.69, 9.17) is 5.11 Å². The first-order chi connectivity index (χ1) is 10.0. The summed E-state index contributed by atoms with van der Waals surface area (Å²) >= 11 is 0. The Kier molecular flexibility index (Phi) is 3.41. The first-order valence-electron chi connectivity index (χ1n) is 7.26. The molecule has 1 saturated carbocycles. The maximum atomic E-state index is 12.3. The molecule has 0 aliphatic heterocycles. The van der Waals surface area contributed by atoms with Crippen LogP contribution in [0.2, 0.25) is 0 Å². The second kappa shape index (κ2) is 5.11. The first-order valence-corrected chi connectivity index (χ1v) is 7.26. The van der Waals surface area contributed by atoms with Crippen LogP contribution in [0.25, 0.3) is 5.65 Å². The Balaban J connectivity index is 1.77. The van der Waals surface area contributed by atoms with Crippen LogP contribution in [0.5, 0.6) is 0 Å². The van der Waals surface area contributed by atoms with Crippen LogP contribution in [0.4, 0.5) is 0 Å². The predicted molar refractivity (Wildman–Crippen MR) is 78.2 cm³/mol. The second-order valence-electron chi connectivity index (χ2n) is 5.97. The molecule has 6 nitrogen and oxygen atoms in total. The molecule has 1 aliphatic carbocycles. The Bertz CT molecular complexity index is 688. The SMILES string of the molecule is Cc1cc2ncc(C(=O)NCC3(CCO)CC3)c(C)n2n1. The molecule has 0 spiro atoms. The van der Waals surface area contributed by atoms with Crippen molar-refractivity contribution in [2.45, 2.75) is 33.1 Å². The van der Waals surface area contributed by atoms with E-state index in [-0.39, 0.29) is 17.9 Å². The molecule has 0 aromatic carbocycles. The number of aliphatic hydroxyl groups excluding tert-OH is 1. The summed E-state index contributed by atoms with van der Waals surface area (Å²) < 4.78 is 1.70. The molecule has 1 amide bonds. The summed E-state index contributed by atoms with van der Waals surface area (Å²) in [6.07, 6.45) is 4.50. The summed E-state index contributed by atoms with van der Waals surface area (Å²) in [7, 11) is 0. The maximum absolute atomic E-state index is 12.3. The fraction of sp³-hybridized carbons (Fsp3) is 0.533. The molecule has 0 bridgehead atoms. The summed E-state index contributed by atoms with van der Waals surface area (Å²) in [5, 5.41) is 16.4. The molecule has 2 aromatic heterocycles. The summed E-state index contributed by atoms with van der Waals surface area (Å²) in [4.78, 5) is 16.6. The number of carbonyl (C=O) groups excluding carboxylic acids is 1. The Hall–Kier alpha value is -1.95. The van der Waals surface area contributed by atoms with Crippen LogP contribution < -0.4 is 5.32 Å². The molecule has 3 rings (SSSR count). The molecule has 0 atom stereocenters. The zero-order chi connectivity index (χ0) is 15.0. The second-order valence-corrected chi connectivity index (χ2v) is 5.97. The molecule has 1 fully saturated rings. The van der Waals surface area contributed by atoms with Crippen LogP contribution in [0.3, 0.4) is 0 Å². The zero-order valence-electron chi connectivity index (χ0n) is 12.4. The average molecular weight is 288 g/mol. The summed E-state index contributed by atoms with van der Waals surface area (Å²) in [5.74, 6) is -0.126. The molecular weight excluding hydrogens is 268 g/mol. The van der Waals surface area contributed by atoms with Gasteiger partial charge in [0.05, 0.1) is 17.0 Å². The minimum absolute atomic E-state index is 0.109. The highest BCUT2D eigenvalue weighted by Gasteiger charge is 2.42. The Labute approximate surface area is 123 Å². The standard InChI is InChI=1S/C15H20N4O2/c1-10-7-13-16-8-12(11(2)19(13)18-10)14(21)17-9-15(3-4-15)5-6-20/h7-8,20H,3-6,9H2,1-2H3,(H,17,21). The lowest BCUT2D eigenvalue weighted by Crippen LogP contribution is -2.31. The van der Waals surface area contributed by atoms with Crippen LogP contribution in [-0.2, 0) is 0 Å². The maximum Gasteiger partial charge on any atom is 0.254 e. The van der Waals surface area contributed by atoms with Crippen molar-refractivity contribution in [2.24, 2.45) is 5.41 Å². The van der Waals surface area contributed by atoms with Gasteiger partial charge in [0.1, 0.15) is 0 Å². The van der Waals surface area contributed by atoms with E-state index in [1.807, 2.05) is 19.9 Å². The van der Waals surface area contributed by atoms with Crippen molar-refractivity contribution >= 4 is 11.6 Å². The Morgan fingerprint density at radius 2 is 2.24 bits per heavy atom. The molecule has 0 saturated heterocycles. The van der Waals surface area contributed by atoms with Gasteiger partial charge in [-0.3, -0.25) is 4.79 Å². The van der Waals surface area contributed by atoms with Crippen molar-refractivity contribution in [3.63, 3.8) is 0 Å². The van der Waals surface area contributed by atoms with Gasteiger partial charge in [-0.25, -0.2) is 9.50 Å². The van der Waals surface area contributed by atoms with Gasteiger partial charge in [-0.05, 0) is 38.5 Å². The van der Waals surface area contributed by atoms with Crippen LogP contribution in [0.1, 0.15) is 41.0 Å². The highest BCUT2D eigenvalue weighted by molar-refractivity contribution is 5.95. The minimum atomic E-state index is -0.126. The summed E-state index contributed by atoms with van der Waals surface area (Å²) in [6, 6.07) is 1.88. The van der Waals surface area contributed by atoms with E-state index in [0.29, 0.717) is 12.1 Å². The number of hydrogen-bond donors (Lipinski definition) is 2. The third-order valence-electron chi connectivity index (χ3n) is 4.31. The number of nitrogens with zero attached hydrogens (tertiary/aromatic N) is 3. The van der Waals surface area contributed by atoms with Crippen LogP contribution in [0.15, 0.2) is 12.3 Å². The molecular formula is C15H20N4O2. The van der Waals surface area contributed by atoms with Crippen molar-refractivity contribution in [1.29, 1.82) is 0 Å². The number of amides is 1. The quantitative estimate of drug-likeness (QED) is 0.867. The number of rotatable bonds is 5. The van der Waals surface area contributed by atoms with Crippen LogP contribution in [-0.4, -0.2) is 38.8 Å². The average Bonchev–Trinajstić information content (AvgIpc) is 3.10. The predicted octanol–water partition coefficient (Wildman–Crippen LogP) is 1.24. The van der Waals surface area contributed by atoms with E-state index in [2.05, 4.69) is 15.4 Å². The lowest BCUT2D eigenvalue weighted by Gasteiger charge is -2.15. The molecule has 6 heteroatoms. The van der Waals surface area contributed by atoms with E-state index in [1.54, 1.807) is 10.7 Å². The van der Waals surface area contributed by atoms with Gasteiger partial charge in [0.25, 0.3) is 5.91 Å². The topological polar surface area (TPSA) is 79.5 Å². The van der Waals surface area contributed by atoms with Gasteiger partial charge in [0.15, 0.2) is 5.65 Å². The number of nitrogens with one attached hydrogen (secondary N) is 1. The van der Waals surface area contributed by atoms with E-state index in [0.717, 1.165) is 36.3 Å². The fourth-order valence-corrected chi connectivity index (χ4v) is 2.68. The van der Waals surface area contributed by atoms with Crippen molar-refractivity contribution in [1.82, 2.24) is 19.9 Å². The molecule has 112 valence electrons. The van der Waals surface area contributed by atoms with E-state index in [9.17, 15) is 4.79 Å². The van der Waals surface area contributed by atoms with Crippen molar-refractivity contribution in [2.75, 3.05) is 13.2 Å². The van der Waals surface area contributed by atoms with Gasteiger partial charge in [-0.15, -0.1) is 0 Å². The van der Waals surface area contributed by atoms with Crippen LogP contribution in [0, 0.1) is 19.3 Å². The van der Waals surface area contributed by atoms with E-state index in [1.165, 1.54) is 0 Å². The third kappa shape index (κ3) is 2.63. The number of carbonyl (C=O) groups is 1. The summed E-state index contributed by atoms with van der Waals surface area (Å²) in [5.41, 5.74) is 3.07. The largest absolute Gasteiger partial charge is 0.396 e. The highest BCUT2D eigenvalue weighted by Crippen LogP contribution is 2.47. The molecule has 2 heterocycles. The monoisotopic (exact) mass is 288 g/mol. The third-order valence-corrected chi connectivity index (χ3v) is 4.31. The Morgan fingerprint density at radius 1 is 1.48 bits per heavy atom. The normalized spacial score (nSPS) is 16.1. The Morgan fingerprint density at radius 3 is 2.90 bits per heavy atom. The molecule has 2 N–H and O–H groups in total. The summed E-state index contributed by atoms with van der Waals surface area (Å²) in [6.45, 7) is 4.56. The highest BCUT2D eigenvalue weighted by atomic mass is 16.3. The van der Waals surface area contributed by atoms with Gasteiger partial charge >= 0.3 is 0 Å². The van der Waals surface area contributed by atoms with Crippen molar-refractivity contribution < 1.29 is 9.90 Å². The number of aliphatic hydroxyl groups is 1. The van der Waals surface area contributed by atoms with E-state index < -0.39 is 0 Å². The number of fused-ring (bicyclic) bond motifs is 1. The fourth-order valence-electron chi connectivity index (χ4n) is 2.68. The first kappa shape index (κ1) is 14.0. The lowest BCUT2D eigenvalue weighted by atomic mass is 10.0. The molecule has 1 aliphatic rings.